The number of ketones is 2. The molecule has 2 aliphatic rings. The maximum atomic E-state index is 13.5. The van der Waals surface area contributed by atoms with E-state index in [2.05, 4.69) is 0 Å². The van der Waals surface area contributed by atoms with Crippen LogP contribution in [0.25, 0.3) is 0 Å². The summed E-state index contributed by atoms with van der Waals surface area (Å²) in [6.07, 6.45) is 3.27. The third-order valence-corrected chi connectivity index (χ3v) is 7.13. The summed E-state index contributed by atoms with van der Waals surface area (Å²) in [5.74, 6) is -0.235. The van der Waals surface area contributed by atoms with Gasteiger partial charge >= 0.3 is 7.82 Å². The van der Waals surface area contributed by atoms with Crippen molar-refractivity contribution in [1.82, 2.24) is 0 Å². The van der Waals surface area contributed by atoms with E-state index in [1.165, 1.54) is 6.08 Å². The summed E-state index contributed by atoms with van der Waals surface area (Å²) in [5, 5.41) is 0. The van der Waals surface area contributed by atoms with Gasteiger partial charge in [0.2, 0.25) is 5.78 Å². The van der Waals surface area contributed by atoms with E-state index in [1.807, 2.05) is 6.92 Å². The van der Waals surface area contributed by atoms with Crippen LogP contribution in [0.5, 0.6) is 5.75 Å². The number of allylic oxidation sites excluding steroid dienone is 4. The van der Waals surface area contributed by atoms with Crippen molar-refractivity contribution in [3.05, 3.63) is 52.8 Å². The van der Waals surface area contributed by atoms with Crippen molar-refractivity contribution in [1.29, 1.82) is 0 Å². The third kappa shape index (κ3) is 3.45. The van der Waals surface area contributed by atoms with Gasteiger partial charge in [0.05, 0.1) is 25.7 Å². The van der Waals surface area contributed by atoms with Gasteiger partial charge in [-0.1, -0.05) is 6.08 Å². The summed E-state index contributed by atoms with van der Waals surface area (Å²) in [5.41, 5.74) is -0.431. The van der Waals surface area contributed by atoms with Crippen molar-refractivity contribution < 1.29 is 32.5 Å². The Morgan fingerprint density at radius 3 is 2.23 bits per heavy atom. The molecule has 0 N–H and O–H groups in total. The Hall–Kier alpha value is -2.21. The molecule has 1 aromatic rings. The van der Waals surface area contributed by atoms with Crippen LogP contribution in [0, 0.1) is 5.41 Å². The minimum atomic E-state index is -4.06. The fraction of sp³-hybridized carbons (Fsp3) is 0.455. The van der Waals surface area contributed by atoms with Crippen molar-refractivity contribution in [3.8, 4) is 5.75 Å². The number of benzene rings is 1. The standard InChI is InChI=1S/C22H27O7P/c1-7-27-30(25,28-8-2)29-19-18(24)15-10-9-14(26-6)13-16(15)22(5)12-11-17(23)21(3,4)20(19)22/h9-13H,7-8H2,1-6H3/t22-/m0/s1. The number of methoxy groups -OCH3 is 1. The van der Waals surface area contributed by atoms with Crippen molar-refractivity contribution >= 4 is 19.4 Å². The maximum absolute atomic E-state index is 13.5. The molecule has 0 spiro atoms. The average Bonchev–Trinajstić information content (AvgIpc) is 2.69. The second kappa shape index (κ2) is 7.80. The molecule has 0 saturated carbocycles. The molecule has 1 aromatic carbocycles. The molecule has 0 fully saturated rings. The molecule has 0 radical (unpaired) electrons. The van der Waals surface area contributed by atoms with Crippen molar-refractivity contribution in [2.45, 2.75) is 40.0 Å². The Morgan fingerprint density at radius 1 is 1.03 bits per heavy atom. The van der Waals surface area contributed by atoms with E-state index < -0.39 is 24.4 Å². The zero-order valence-corrected chi connectivity index (χ0v) is 19.0. The number of Topliss-reactive ketones (excluding diaryl/α,β-unsaturated/α-hetero) is 1. The normalized spacial score (nSPS) is 22.6. The lowest BCUT2D eigenvalue weighted by atomic mass is 9.57. The molecule has 0 aliphatic heterocycles. The van der Waals surface area contributed by atoms with E-state index in [1.54, 1.807) is 59.1 Å². The molecule has 0 heterocycles. The zero-order chi connectivity index (χ0) is 22.3. The predicted octanol–water partition coefficient (Wildman–Crippen LogP) is 4.77. The number of carbonyl (C=O) groups excluding carboxylic acids is 2. The summed E-state index contributed by atoms with van der Waals surface area (Å²) in [6, 6.07) is 5.10. The zero-order valence-electron chi connectivity index (χ0n) is 18.1. The summed E-state index contributed by atoms with van der Waals surface area (Å²) < 4.78 is 34.7. The average molecular weight is 434 g/mol. The molecule has 0 saturated heterocycles. The van der Waals surface area contributed by atoms with Crippen LogP contribution in [0.1, 0.15) is 50.5 Å². The molecule has 30 heavy (non-hydrogen) atoms. The number of phosphoric ester groups is 1. The highest BCUT2D eigenvalue weighted by Crippen LogP contribution is 2.58. The van der Waals surface area contributed by atoms with Crippen LogP contribution in [0.15, 0.2) is 41.7 Å². The first-order valence-electron chi connectivity index (χ1n) is 9.85. The third-order valence-electron chi connectivity index (χ3n) is 5.57. The SMILES string of the molecule is CCOP(=O)(OCC)OC1=C2C(C)(C)C(=O)C=C[C@@]2(C)c2cc(OC)ccc2C1=O. The lowest BCUT2D eigenvalue weighted by Crippen LogP contribution is -2.45. The monoisotopic (exact) mass is 434 g/mol. The van der Waals surface area contributed by atoms with E-state index in [9.17, 15) is 14.2 Å². The van der Waals surface area contributed by atoms with E-state index in [4.69, 9.17) is 18.3 Å². The van der Waals surface area contributed by atoms with Gasteiger partial charge < -0.3 is 9.26 Å². The van der Waals surface area contributed by atoms with Crippen molar-refractivity contribution in [3.63, 3.8) is 0 Å². The van der Waals surface area contributed by atoms with Gasteiger partial charge in [-0.3, -0.25) is 18.6 Å². The first-order chi connectivity index (χ1) is 14.0. The summed E-state index contributed by atoms with van der Waals surface area (Å²) >= 11 is 0. The quantitative estimate of drug-likeness (QED) is 0.572. The molecule has 1 atom stereocenters. The molecule has 8 heteroatoms. The Balaban J connectivity index is 2.32. The number of fused-ring (bicyclic) bond motifs is 3. The Labute approximate surface area is 176 Å². The van der Waals surface area contributed by atoms with Crippen LogP contribution in [0.3, 0.4) is 0 Å². The molecule has 0 amide bonds. The first-order valence-corrected chi connectivity index (χ1v) is 11.3. The molecule has 0 aromatic heterocycles. The van der Waals surface area contributed by atoms with Gasteiger partial charge in [0.1, 0.15) is 5.75 Å². The minimum Gasteiger partial charge on any atom is -0.497 e. The summed E-state index contributed by atoms with van der Waals surface area (Å²) in [4.78, 5) is 26.3. The van der Waals surface area contributed by atoms with E-state index in [0.717, 1.165) is 0 Å². The van der Waals surface area contributed by atoms with E-state index in [0.29, 0.717) is 22.4 Å². The van der Waals surface area contributed by atoms with Gasteiger partial charge in [-0.2, -0.15) is 0 Å². The number of ether oxygens (including phenoxy) is 1. The number of hydrogen-bond acceptors (Lipinski definition) is 7. The molecular weight excluding hydrogens is 407 g/mol. The minimum absolute atomic E-state index is 0.0708. The van der Waals surface area contributed by atoms with Crippen molar-refractivity contribution in [2.75, 3.05) is 20.3 Å². The van der Waals surface area contributed by atoms with Crippen LogP contribution >= 0.6 is 7.82 Å². The van der Waals surface area contributed by atoms with Crippen LogP contribution in [-0.4, -0.2) is 31.9 Å². The van der Waals surface area contributed by atoms with Crippen LogP contribution in [0.2, 0.25) is 0 Å². The highest BCUT2D eigenvalue weighted by Gasteiger charge is 2.53. The highest BCUT2D eigenvalue weighted by atomic mass is 31.2. The molecule has 0 unspecified atom stereocenters. The lowest BCUT2D eigenvalue weighted by molar-refractivity contribution is -0.121. The number of carbonyl (C=O) groups is 2. The fourth-order valence-corrected chi connectivity index (χ4v) is 5.38. The van der Waals surface area contributed by atoms with Crippen molar-refractivity contribution in [2.24, 2.45) is 5.41 Å². The van der Waals surface area contributed by atoms with Crippen LogP contribution in [-0.2, 0) is 28.3 Å². The lowest BCUT2D eigenvalue weighted by Gasteiger charge is -2.45. The topological polar surface area (TPSA) is 88.1 Å². The van der Waals surface area contributed by atoms with E-state index >= 15 is 0 Å². The van der Waals surface area contributed by atoms with Gasteiger partial charge in [0, 0.05) is 16.6 Å². The fourth-order valence-electron chi connectivity index (χ4n) is 4.17. The first kappa shape index (κ1) is 22.5. The molecule has 162 valence electrons. The number of hydrogen-bond donors (Lipinski definition) is 0. The predicted molar refractivity (Wildman–Crippen MR) is 112 cm³/mol. The highest BCUT2D eigenvalue weighted by molar-refractivity contribution is 7.48. The van der Waals surface area contributed by atoms with Gasteiger partial charge in [0.15, 0.2) is 11.5 Å². The molecule has 3 rings (SSSR count). The van der Waals surface area contributed by atoms with Crippen LogP contribution in [0.4, 0.5) is 0 Å². The molecular formula is C22H27O7P. The molecule has 7 nitrogen and oxygen atoms in total. The Bertz CT molecular complexity index is 995. The summed E-state index contributed by atoms with van der Waals surface area (Å²) in [6.45, 7) is 8.78. The smallest absolute Gasteiger partial charge is 0.497 e. The van der Waals surface area contributed by atoms with Gasteiger partial charge in [-0.25, -0.2) is 4.57 Å². The Kier molecular flexibility index (Phi) is 5.84. The second-order valence-corrected chi connectivity index (χ2v) is 9.44. The largest absolute Gasteiger partial charge is 0.530 e. The Morgan fingerprint density at radius 2 is 1.67 bits per heavy atom. The molecule has 0 bridgehead atoms. The van der Waals surface area contributed by atoms with Crippen LogP contribution < -0.4 is 4.74 Å². The number of phosphoric acid groups is 1. The maximum Gasteiger partial charge on any atom is 0.530 e. The van der Waals surface area contributed by atoms with E-state index in [-0.39, 0.29) is 24.8 Å². The van der Waals surface area contributed by atoms with Gasteiger partial charge in [-0.05, 0) is 64.5 Å². The molecule has 2 aliphatic carbocycles. The second-order valence-electron chi connectivity index (χ2n) is 7.84. The number of rotatable bonds is 7. The summed E-state index contributed by atoms with van der Waals surface area (Å²) in [7, 11) is -2.51. The van der Waals surface area contributed by atoms with Gasteiger partial charge in [-0.15, -0.1) is 0 Å². The van der Waals surface area contributed by atoms with Gasteiger partial charge in [0.25, 0.3) is 0 Å².